The van der Waals surface area contributed by atoms with Crippen LogP contribution in [-0.2, 0) is 30.9 Å². The summed E-state index contributed by atoms with van der Waals surface area (Å²) in [6.45, 7) is 16.0. The smallest absolute Gasteiger partial charge is 0.339 e. The van der Waals surface area contributed by atoms with E-state index in [-0.39, 0.29) is 51.8 Å². The quantitative estimate of drug-likeness (QED) is 0.231. The van der Waals surface area contributed by atoms with Crippen molar-refractivity contribution in [3.8, 4) is 11.5 Å². The Morgan fingerprint density at radius 2 is 1.49 bits per heavy atom. The van der Waals surface area contributed by atoms with Gasteiger partial charge in [0.2, 0.25) is 0 Å². The fourth-order valence-corrected chi connectivity index (χ4v) is 7.36. The van der Waals surface area contributed by atoms with Crippen LogP contribution in [0, 0.1) is 17.8 Å². The number of ketones is 2. The molecule has 3 aliphatic rings. The molecule has 0 spiro atoms. The molecule has 0 saturated carbocycles. The van der Waals surface area contributed by atoms with E-state index in [0.29, 0.717) is 59.5 Å². The van der Waals surface area contributed by atoms with Crippen molar-refractivity contribution in [1.29, 1.82) is 0 Å². The van der Waals surface area contributed by atoms with Gasteiger partial charge in [-0.25, -0.2) is 0 Å². The first-order valence-electron chi connectivity index (χ1n) is 14.8. The Labute approximate surface area is 254 Å². The van der Waals surface area contributed by atoms with Gasteiger partial charge in [0.05, 0.1) is 6.61 Å². The van der Waals surface area contributed by atoms with Gasteiger partial charge in [-0.05, 0) is 54.9 Å². The van der Waals surface area contributed by atoms with E-state index in [1.165, 1.54) is 12.1 Å². The molecule has 0 unspecified atom stereocenters. The first-order chi connectivity index (χ1) is 20.1. The molecule has 1 aliphatic heterocycles. The summed E-state index contributed by atoms with van der Waals surface area (Å²) in [4.78, 5) is 27.6. The zero-order chi connectivity index (χ0) is 31.3. The molecule has 8 heteroatoms. The average molecular weight is 605 g/mol. The van der Waals surface area contributed by atoms with Crippen LogP contribution >= 0.6 is 0 Å². The highest BCUT2D eigenvalue weighted by Gasteiger charge is 2.48. The van der Waals surface area contributed by atoms with E-state index < -0.39 is 16.0 Å². The van der Waals surface area contributed by atoms with Crippen molar-refractivity contribution < 1.29 is 31.7 Å². The number of carbonyl (C=O) groups excluding carboxylic acids is 2. The molecular weight excluding hydrogens is 564 g/mol. The highest BCUT2D eigenvalue weighted by atomic mass is 32.2. The van der Waals surface area contributed by atoms with Gasteiger partial charge in [-0.15, -0.1) is 6.58 Å². The topological polar surface area (TPSA) is 96.0 Å². The monoisotopic (exact) mass is 604 g/mol. The standard InChI is InChI=1S/C35H40O7S/c1-8-10-22-15-23(16-27(40-9-2)33(22)42-43(38,39)24-13-11-21(3)12-14-24)30-31-25(36)17-34(4,5)19-28(31)41-29-20-35(6,7)18-26(37)32(29)30/h8,11-16,30H,1,9-10,17-20H2,2-7H3. The number of Topliss-reactive ketones (excluding diaryl/α,β-unsaturated/α-hetero) is 2. The summed E-state index contributed by atoms with van der Waals surface area (Å²) in [7, 11) is -4.19. The Morgan fingerprint density at radius 1 is 0.930 bits per heavy atom. The number of allylic oxidation sites excluding steroid dienone is 5. The van der Waals surface area contributed by atoms with Gasteiger partial charge < -0.3 is 13.7 Å². The van der Waals surface area contributed by atoms with Crippen LogP contribution in [0.25, 0.3) is 0 Å². The van der Waals surface area contributed by atoms with Crippen molar-refractivity contribution in [2.45, 2.75) is 84.5 Å². The van der Waals surface area contributed by atoms with Gasteiger partial charge in [0.15, 0.2) is 23.1 Å². The third-order valence-electron chi connectivity index (χ3n) is 8.24. The van der Waals surface area contributed by atoms with E-state index >= 15 is 0 Å². The lowest BCUT2D eigenvalue weighted by atomic mass is 9.65. The fourth-order valence-electron chi connectivity index (χ4n) is 6.39. The predicted octanol–water partition coefficient (Wildman–Crippen LogP) is 7.29. The first kappa shape index (κ1) is 30.8. The van der Waals surface area contributed by atoms with Gasteiger partial charge >= 0.3 is 10.1 Å². The minimum atomic E-state index is -4.19. The Kier molecular flexibility index (Phi) is 7.97. The molecule has 0 radical (unpaired) electrons. The number of aryl methyl sites for hydroxylation is 1. The van der Waals surface area contributed by atoms with Gasteiger partial charge in [0.25, 0.3) is 0 Å². The van der Waals surface area contributed by atoms with Crippen LogP contribution in [0.1, 0.15) is 82.9 Å². The lowest BCUT2D eigenvalue weighted by Gasteiger charge is -2.42. The second kappa shape index (κ2) is 11.1. The van der Waals surface area contributed by atoms with Gasteiger partial charge in [-0.3, -0.25) is 9.59 Å². The molecule has 2 aromatic carbocycles. The molecule has 0 fully saturated rings. The maximum atomic E-state index is 13.8. The molecule has 5 rings (SSSR count). The fraction of sp³-hybridized carbons (Fsp3) is 0.429. The number of hydrogen-bond donors (Lipinski definition) is 0. The predicted molar refractivity (Wildman–Crippen MR) is 164 cm³/mol. The van der Waals surface area contributed by atoms with Gasteiger partial charge in [-0.1, -0.05) is 57.5 Å². The van der Waals surface area contributed by atoms with E-state index in [4.69, 9.17) is 13.7 Å². The van der Waals surface area contributed by atoms with Crippen LogP contribution in [0.3, 0.4) is 0 Å². The summed E-state index contributed by atoms with van der Waals surface area (Å²) in [6.07, 6.45) is 3.75. The van der Waals surface area contributed by atoms with E-state index in [9.17, 15) is 18.0 Å². The number of benzene rings is 2. The molecule has 0 saturated heterocycles. The highest BCUT2D eigenvalue weighted by Crippen LogP contribution is 2.54. The molecule has 0 atom stereocenters. The average Bonchev–Trinajstić information content (AvgIpc) is 2.88. The van der Waals surface area contributed by atoms with E-state index in [0.717, 1.165) is 5.56 Å². The van der Waals surface area contributed by atoms with E-state index in [2.05, 4.69) is 6.58 Å². The number of ether oxygens (including phenoxy) is 2. The van der Waals surface area contributed by atoms with E-state index in [1.54, 1.807) is 31.2 Å². The minimum Gasteiger partial charge on any atom is -0.490 e. The summed E-state index contributed by atoms with van der Waals surface area (Å²) in [5, 5.41) is 0. The van der Waals surface area contributed by atoms with Gasteiger partial charge in [-0.2, -0.15) is 8.42 Å². The highest BCUT2D eigenvalue weighted by molar-refractivity contribution is 7.87. The van der Waals surface area contributed by atoms with E-state index in [1.807, 2.05) is 40.7 Å². The Bertz CT molecular complexity index is 1620. The minimum absolute atomic E-state index is 0.0223. The molecule has 0 amide bonds. The lowest BCUT2D eigenvalue weighted by Crippen LogP contribution is -2.37. The van der Waals surface area contributed by atoms with Crippen molar-refractivity contribution in [1.82, 2.24) is 0 Å². The number of rotatable bonds is 8. The third-order valence-corrected chi connectivity index (χ3v) is 9.47. The van der Waals surface area contributed by atoms with Crippen molar-refractivity contribution in [2.75, 3.05) is 6.61 Å². The summed E-state index contributed by atoms with van der Waals surface area (Å²) in [5.74, 6) is 0.750. The maximum Gasteiger partial charge on any atom is 0.339 e. The molecule has 0 bridgehead atoms. The molecule has 0 aromatic heterocycles. The number of carbonyl (C=O) groups is 2. The SMILES string of the molecule is C=CCc1cc(C2C3=C(CC(C)(C)CC3=O)OC3=C2C(=O)CC(C)(C)C3)cc(OCC)c1OS(=O)(=O)c1ccc(C)cc1. The molecule has 1 heterocycles. The van der Waals surface area contributed by atoms with Crippen LogP contribution in [0.4, 0.5) is 0 Å². The summed E-state index contributed by atoms with van der Waals surface area (Å²) < 4.78 is 44.9. The molecule has 43 heavy (non-hydrogen) atoms. The Balaban J connectivity index is 1.71. The lowest BCUT2D eigenvalue weighted by molar-refractivity contribution is -0.120. The third kappa shape index (κ3) is 6.07. The molecule has 2 aromatic rings. The van der Waals surface area contributed by atoms with Crippen LogP contribution in [0.15, 0.2) is 76.6 Å². The maximum absolute atomic E-state index is 13.8. The van der Waals surface area contributed by atoms with Crippen LogP contribution < -0.4 is 8.92 Å². The van der Waals surface area contributed by atoms with Crippen LogP contribution in [-0.4, -0.2) is 26.6 Å². The normalized spacial score (nSPS) is 19.9. The Morgan fingerprint density at radius 3 is 2.00 bits per heavy atom. The second-order valence-corrected chi connectivity index (χ2v) is 14.9. The molecule has 228 valence electrons. The molecular formula is C35H40O7S. The molecule has 7 nitrogen and oxygen atoms in total. The van der Waals surface area contributed by atoms with Crippen molar-refractivity contribution in [2.24, 2.45) is 10.8 Å². The zero-order valence-electron chi connectivity index (χ0n) is 25.8. The Hall–Kier alpha value is -3.65. The van der Waals surface area contributed by atoms with Gasteiger partial charge in [0, 0.05) is 48.3 Å². The number of hydrogen-bond acceptors (Lipinski definition) is 7. The molecule has 0 N–H and O–H groups in total. The van der Waals surface area contributed by atoms with Crippen LogP contribution in [0.5, 0.6) is 11.5 Å². The largest absolute Gasteiger partial charge is 0.490 e. The van der Waals surface area contributed by atoms with Crippen molar-refractivity contribution in [3.05, 3.63) is 88.4 Å². The van der Waals surface area contributed by atoms with Crippen molar-refractivity contribution in [3.63, 3.8) is 0 Å². The second-order valence-electron chi connectivity index (χ2n) is 13.4. The molecule has 2 aliphatic carbocycles. The summed E-state index contributed by atoms with van der Waals surface area (Å²) in [6, 6.07) is 9.95. The van der Waals surface area contributed by atoms with Gasteiger partial charge in [0.1, 0.15) is 16.4 Å². The zero-order valence-corrected chi connectivity index (χ0v) is 26.7. The van der Waals surface area contributed by atoms with Crippen LogP contribution in [0.2, 0.25) is 0 Å². The van der Waals surface area contributed by atoms with Crippen molar-refractivity contribution >= 4 is 21.7 Å². The summed E-state index contributed by atoms with van der Waals surface area (Å²) in [5.41, 5.74) is 2.54. The summed E-state index contributed by atoms with van der Waals surface area (Å²) >= 11 is 0. The first-order valence-corrected chi connectivity index (χ1v) is 16.2.